The van der Waals surface area contributed by atoms with Crippen LogP contribution in [0.3, 0.4) is 0 Å². The van der Waals surface area contributed by atoms with Gasteiger partial charge >= 0.3 is 0 Å². The summed E-state index contributed by atoms with van der Waals surface area (Å²) in [6.45, 7) is 1.83. The molecule has 0 aliphatic heterocycles. The largest absolute Gasteiger partial charge is 0.494 e. The minimum absolute atomic E-state index is 0.646. The van der Waals surface area contributed by atoms with Crippen LogP contribution < -0.4 is 4.74 Å². The van der Waals surface area contributed by atoms with E-state index in [1.54, 1.807) is 12.1 Å². The van der Waals surface area contributed by atoms with E-state index >= 15 is 0 Å². The first-order valence-electron chi connectivity index (χ1n) is 6.08. The first-order valence-corrected chi connectivity index (χ1v) is 7.23. The van der Waals surface area contributed by atoms with Crippen LogP contribution >= 0.6 is 11.8 Å². The van der Waals surface area contributed by atoms with E-state index in [9.17, 15) is 0 Å². The van der Waals surface area contributed by atoms with Crippen LogP contribution in [0.2, 0.25) is 0 Å². The van der Waals surface area contributed by atoms with Gasteiger partial charge in [-0.3, -0.25) is 0 Å². The molecule has 3 nitrogen and oxygen atoms in total. The van der Waals surface area contributed by atoms with Crippen molar-refractivity contribution >= 4 is 11.8 Å². The van der Waals surface area contributed by atoms with Crippen molar-refractivity contribution in [1.82, 2.24) is 4.90 Å². The quantitative estimate of drug-likeness (QED) is 0.676. The summed E-state index contributed by atoms with van der Waals surface area (Å²) in [7, 11) is 4.18. The van der Waals surface area contributed by atoms with Gasteiger partial charge in [-0.25, -0.2) is 0 Å². The first-order chi connectivity index (χ1) is 8.72. The molecule has 0 N–H and O–H groups in total. The zero-order valence-corrected chi connectivity index (χ0v) is 11.9. The van der Waals surface area contributed by atoms with Crippen LogP contribution in [-0.4, -0.2) is 43.7 Å². The van der Waals surface area contributed by atoms with E-state index in [0.717, 1.165) is 30.2 Å². The van der Waals surface area contributed by atoms with Crippen LogP contribution in [0.5, 0.6) is 5.75 Å². The molecule has 0 aliphatic carbocycles. The van der Waals surface area contributed by atoms with Crippen LogP contribution in [0.15, 0.2) is 24.3 Å². The number of thioether (sulfide) groups is 1. The predicted octanol–water partition coefficient (Wildman–Crippen LogP) is 2.62. The molecule has 0 aromatic heterocycles. The number of nitriles is 1. The van der Waals surface area contributed by atoms with Crippen molar-refractivity contribution in [1.29, 1.82) is 5.26 Å². The van der Waals surface area contributed by atoms with Gasteiger partial charge in [0.25, 0.3) is 0 Å². The minimum Gasteiger partial charge on any atom is -0.494 e. The summed E-state index contributed by atoms with van der Waals surface area (Å²) in [5.41, 5.74) is 0.646. The molecule has 4 heteroatoms. The molecule has 18 heavy (non-hydrogen) atoms. The summed E-state index contributed by atoms with van der Waals surface area (Å²) in [5, 5.41) is 8.76. The molecule has 0 heterocycles. The SMILES string of the molecule is CN(C)CCSCCCOc1cccc(C#N)c1. The van der Waals surface area contributed by atoms with Gasteiger partial charge in [-0.2, -0.15) is 17.0 Å². The Balaban J connectivity index is 2.09. The van der Waals surface area contributed by atoms with Gasteiger partial charge < -0.3 is 9.64 Å². The number of hydrogen-bond donors (Lipinski definition) is 0. The van der Waals surface area contributed by atoms with Crippen molar-refractivity contribution in [2.24, 2.45) is 0 Å². The van der Waals surface area contributed by atoms with Crippen LogP contribution in [0.25, 0.3) is 0 Å². The molecule has 1 aromatic rings. The van der Waals surface area contributed by atoms with Gasteiger partial charge in [-0.15, -0.1) is 0 Å². The lowest BCUT2D eigenvalue weighted by Crippen LogP contribution is -2.15. The standard InChI is InChI=1S/C14H20N2OS/c1-16(2)7-10-18-9-4-8-17-14-6-3-5-13(11-14)12-15/h3,5-6,11H,4,7-10H2,1-2H3. The Kier molecular flexibility index (Phi) is 7.31. The van der Waals surface area contributed by atoms with E-state index in [1.165, 1.54) is 0 Å². The van der Waals surface area contributed by atoms with Crippen molar-refractivity contribution in [3.05, 3.63) is 29.8 Å². The third-order valence-electron chi connectivity index (χ3n) is 2.35. The molecule has 0 unspecified atom stereocenters. The van der Waals surface area contributed by atoms with Gasteiger partial charge in [0.2, 0.25) is 0 Å². The van der Waals surface area contributed by atoms with Gasteiger partial charge in [0.1, 0.15) is 5.75 Å². The third-order valence-corrected chi connectivity index (χ3v) is 3.40. The molecule has 0 amide bonds. The Hall–Kier alpha value is -1.18. The molecule has 1 rings (SSSR count). The normalized spacial score (nSPS) is 10.3. The fourth-order valence-corrected chi connectivity index (χ4v) is 2.38. The fraction of sp³-hybridized carbons (Fsp3) is 0.500. The molecule has 0 fully saturated rings. The highest BCUT2D eigenvalue weighted by molar-refractivity contribution is 7.99. The topological polar surface area (TPSA) is 36.3 Å². The third kappa shape index (κ3) is 6.53. The lowest BCUT2D eigenvalue weighted by Gasteiger charge is -2.09. The summed E-state index contributed by atoms with van der Waals surface area (Å²) < 4.78 is 5.60. The minimum atomic E-state index is 0.646. The second kappa shape index (κ2) is 8.84. The second-order valence-corrected chi connectivity index (χ2v) is 5.48. The van der Waals surface area contributed by atoms with Gasteiger partial charge in [-0.1, -0.05) is 6.07 Å². The van der Waals surface area contributed by atoms with Crippen LogP contribution in [0.1, 0.15) is 12.0 Å². The lowest BCUT2D eigenvalue weighted by atomic mass is 10.2. The summed E-state index contributed by atoms with van der Waals surface area (Å²) >= 11 is 1.95. The molecule has 1 aromatic carbocycles. The summed E-state index contributed by atoms with van der Waals surface area (Å²) in [6, 6.07) is 9.40. The fourth-order valence-electron chi connectivity index (χ4n) is 1.36. The number of benzene rings is 1. The van der Waals surface area contributed by atoms with Crippen molar-refractivity contribution in [3.8, 4) is 11.8 Å². The molecule has 0 bridgehead atoms. The van der Waals surface area contributed by atoms with Crippen molar-refractivity contribution in [2.45, 2.75) is 6.42 Å². The van der Waals surface area contributed by atoms with Crippen LogP contribution in [0.4, 0.5) is 0 Å². The maximum Gasteiger partial charge on any atom is 0.120 e. The molecule has 0 saturated carbocycles. The highest BCUT2D eigenvalue weighted by Crippen LogP contribution is 2.13. The van der Waals surface area contributed by atoms with E-state index in [-0.39, 0.29) is 0 Å². The van der Waals surface area contributed by atoms with E-state index < -0.39 is 0 Å². The number of rotatable bonds is 8. The Morgan fingerprint density at radius 2 is 2.17 bits per heavy atom. The summed E-state index contributed by atoms with van der Waals surface area (Å²) in [5.74, 6) is 3.07. The van der Waals surface area contributed by atoms with Gasteiger partial charge in [-0.05, 0) is 44.5 Å². The zero-order valence-electron chi connectivity index (χ0n) is 11.1. The molecular weight excluding hydrogens is 244 g/mol. The molecular formula is C14H20N2OS. The molecule has 98 valence electrons. The molecule has 0 atom stereocenters. The number of hydrogen-bond acceptors (Lipinski definition) is 4. The maximum absolute atomic E-state index is 8.76. The highest BCUT2D eigenvalue weighted by atomic mass is 32.2. The Morgan fingerprint density at radius 1 is 1.33 bits per heavy atom. The molecule has 0 radical (unpaired) electrons. The predicted molar refractivity (Wildman–Crippen MR) is 77.1 cm³/mol. The lowest BCUT2D eigenvalue weighted by molar-refractivity contribution is 0.318. The average molecular weight is 264 g/mol. The van der Waals surface area contributed by atoms with E-state index in [0.29, 0.717) is 12.2 Å². The zero-order chi connectivity index (χ0) is 13.2. The van der Waals surface area contributed by atoms with E-state index in [1.807, 2.05) is 23.9 Å². The molecule has 0 saturated heterocycles. The van der Waals surface area contributed by atoms with Crippen LogP contribution in [-0.2, 0) is 0 Å². The Bertz CT molecular complexity index is 388. The van der Waals surface area contributed by atoms with Gasteiger partial charge in [0, 0.05) is 12.3 Å². The van der Waals surface area contributed by atoms with E-state index in [4.69, 9.17) is 10.00 Å². The maximum atomic E-state index is 8.76. The Morgan fingerprint density at radius 3 is 2.89 bits per heavy atom. The van der Waals surface area contributed by atoms with E-state index in [2.05, 4.69) is 25.1 Å². The summed E-state index contributed by atoms with van der Waals surface area (Å²) in [4.78, 5) is 2.19. The van der Waals surface area contributed by atoms with Gasteiger partial charge in [0.15, 0.2) is 0 Å². The number of nitrogens with zero attached hydrogens (tertiary/aromatic N) is 2. The smallest absolute Gasteiger partial charge is 0.120 e. The van der Waals surface area contributed by atoms with Crippen LogP contribution in [0, 0.1) is 11.3 Å². The molecule has 0 spiro atoms. The van der Waals surface area contributed by atoms with Crippen molar-refractivity contribution in [3.63, 3.8) is 0 Å². The first kappa shape index (κ1) is 14.9. The van der Waals surface area contributed by atoms with Crippen molar-refractivity contribution < 1.29 is 4.74 Å². The Labute approximate surface area is 114 Å². The summed E-state index contributed by atoms with van der Waals surface area (Å²) in [6.07, 6.45) is 1.04. The average Bonchev–Trinajstić information content (AvgIpc) is 2.37. The monoisotopic (exact) mass is 264 g/mol. The van der Waals surface area contributed by atoms with Crippen molar-refractivity contribution in [2.75, 3.05) is 38.8 Å². The number of ether oxygens (including phenoxy) is 1. The van der Waals surface area contributed by atoms with Gasteiger partial charge in [0.05, 0.1) is 18.2 Å². The highest BCUT2D eigenvalue weighted by Gasteiger charge is 1.96. The second-order valence-electron chi connectivity index (χ2n) is 4.26. The molecule has 0 aliphatic rings.